The van der Waals surface area contributed by atoms with Gasteiger partial charge in [0.1, 0.15) is 22.6 Å². The van der Waals surface area contributed by atoms with Crippen LogP contribution < -0.4 is 4.72 Å². The average Bonchev–Trinajstić information content (AvgIpc) is 2.69. The number of thioether (sulfide) groups is 1. The molecular formula is C24H33F2NO4S2. The SMILES string of the molecule is CC(C)=CCC/C(C)=C/CC/C(C)=C/CSC[C@H](NS(=O)(=O)c1ccc(F)cc1F)C(=O)O. The minimum absolute atomic E-state index is 0.0372. The zero-order chi connectivity index (χ0) is 25.0. The molecule has 0 spiro atoms. The topological polar surface area (TPSA) is 83.5 Å². The maximum atomic E-state index is 13.8. The van der Waals surface area contributed by atoms with Gasteiger partial charge in [-0.3, -0.25) is 4.79 Å². The van der Waals surface area contributed by atoms with Gasteiger partial charge in [0.2, 0.25) is 10.0 Å². The van der Waals surface area contributed by atoms with Crippen LogP contribution >= 0.6 is 11.8 Å². The number of hydrogen-bond acceptors (Lipinski definition) is 4. The zero-order valence-corrected chi connectivity index (χ0v) is 21.2. The first-order valence-electron chi connectivity index (χ1n) is 10.6. The molecule has 0 aromatic heterocycles. The molecule has 0 heterocycles. The van der Waals surface area contributed by atoms with E-state index in [0.717, 1.165) is 43.4 Å². The molecule has 0 aliphatic carbocycles. The molecule has 184 valence electrons. The van der Waals surface area contributed by atoms with Crippen LogP contribution in [-0.4, -0.2) is 37.0 Å². The third-order valence-electron chi connectivity index (χ3n) is 4.74. The van der Waals surface area contributed by atoms with E-state index in [9.17, 15) is 27.1 Å². The zero-order valence-electron chi connectivity index (χ0n) is 19.5. The molecular weight excluding hydrogens is 468 g/mol. The van der Waals surface area contributed by atoms with Crippen molar-refractivity contribution < 1.29 is 27.1 Å². The lowest BCUT2D eigenvalue weighted by atomic mass is 10.1. The van der Waals surface area contributed by atoms with Gasteiger partial charge in [0.15, 0.2) is 0 Å². The number of benzene rings is 1. The van der Waals surface area contributed by atoms with Crippen LogP contribution in [0.15, 0.2) is 58.0 Å². The van der Waals surface area contributed by atoms with Crippen LogP contribution in [0.4, 0.5) is 8.78 Å². The Balaban J connectivity index is 2.54. The normalized spacial score (nSPS) is 13.6. The second-order valence-electron chi connectivity index (χ2n) is 8.08. The predicted octanol–water partition coefficient (Wildman–Crippen LogP) is 5.85. The second kappa shape index (κ2) is 14.3. The largest absolute Gasteiger partial charge is 0.480 e. The Kier molecular flexibility index (Phi) is 12.6. The Bertz CT molecular complexity index is 998. The number of hydrogen-bond donors (Lipinski definition) is 2. The molecule has 0 saturated heterocycles. The molecule has 1 atom stereocenters. The van der Waals surface area contributed by atoms with Crippen molar-refractivity contribution in [2.75, 3.05) is 11.5 Å². The molecule has 1 aromatic rings. The third-order valence-corrected chi connectivity index (χ3v) is 7.21. The van der Waals surface area contributed by atoms with E-state index < -0.39 is 38.6 Å². The Hall–Kier alpha value is -1.97. The van der Waals surface area contributed by atoms with Crippen LogP contribution in [0.3, 0.4) is 0 Å². The van der Waals surface area contributed by atoms with E-state index in [1.54, 1.807) is 0 Å². The fourth-order valence-corrected chi connectivity index (χ4v) is 5.18. The van der Waals surface area contributed by atoms with Gasteiger partial charge in [-0.15, -0.1) is 0 Å². The maximum absolute atomic E-state index is 13.8. The number of carboxylic acids is 1. The molecule has 33 heavy (non-hydrogen) atoms. The average molecular weight is 502 g/mol. The van der Waals surface area contributed by atoms with Crippen molar-refractivity contribution in [2.45, 2.75) is 64.3 Å². The van der Waals surface area contributed by atoms with Crippen molar-refractivity contribution >= 4 is 27.8 Å². The van der Waals surface area contributed by atoms with E-state index >= 15 is 0 Å². The summed E-state index contributed by atoms with van der Waals surface area (Å²) in [6.45, 7) is 8.30. The molecule has 0 bridgehead atoms. The van der Waals surface area contributed by atoms with Crippen LogP contribution in [0.1, 0.15) is 53.4 Å². The van der Waals surface area contributed by atoms with Gasteiger partial charge in [-0.2, -0.15) is 16.5 Å². The Morgan fingerprint density at radius 1 is 1.06 bits per heavy atom. The van der Waals surface area contributed by atoms with Crippen molar-refractivity contribution in [3.63, 3.8) is 0 Å². The van der Waals surface area contributed by atoms with Gasteiger partial charge in [0.25, 0.3) is 0 Å². The highest BCUT2D eigenvalue weighted by Crippen LogP contribution is 2.17. The molecule has 0 amide bonds. The molecule has 0 fully saturated rings. The fourth-order valence-electron chi connectivity index (χ4n) is 2.83. The van der Waals surface area contributed by atoms with Gasteiger partial charge in [-0.05, 0) is 65.5 Å². The summed E-state index contributed by atoms with van der Waals surface area (Å²) in [5.41, 5.74) is 3.83. The molecule has 0 saturated carbocycles. The molecule has 1 rings (SSSR count). The summed E-state index contributed by atoms with van der Waals surface area (Å²) in [6.07, 6.45) is 10.3. The smallest absolute Gasteiger partial charge is 0.322 e. The van der Waals surface area contributed by atoms with Crippen molar-refractivity contribution in [1.29, 1.82) is 0 Å². The van der Waals surface area contributed by atoms with E-state index in [-0.39, 0.29) is 5.75 Å². The van der Waals surface area contributed by atoms with Crippen molar-refractivity contribution in [1.82, 2.24) is 4.72 Å². The lowest BCUT2D eigenvalue weighted by Crippen LogP contribution is -2.42. The van der Waals surface area contributed by atoms with Gasteiger partial charge in [0.05, 0.1) is 0 Å². The number of carboxylic acid groups (broad SMARTS) is 1. The number of allylic oxidation sites excluding steroid dienone is 5. The number of nitrogens with one attached hydrogen (secondary N) is 1. The van der Waals surface area contributed by atoms with Gasteiger partial charge >= 0.3 is 5.97 Å². The lowest BCUT2D eigenvalue weighted by Gasteiger charge is -2.14. The van der Waals surface area contributed by atoms with Gasteiger partial charge in [0, 0.05) is 17.6 Å². The summed E-state index contributed by atoms with van der Waals surface area (Å²) in [7, 11) is -4.45. The van der Waals surface area contributed by atoms with E-state index in [0.29, 0.717) is 11.8 Å². The van der Waals surface area contributed by atoms with E-state index in [2.05, 4.69) is 32.9 Å². The first kappa shape index (κ1) is 29.1. The summed E-state index contributed by atoms with van der Waals surface area (Å²) in [6, 6.07) is 0.565. The molecule has 0 aliphatic rings. The molecule has 2 N–H and O–H groups in total. The van der Waals surface area contributed by atoms with Gasteiger partial charge in [-0.25, -0.2) is 17.2 Å². The third kappa shape index (κ3) is 11.6. The highest BCUT2D eigenvalue weighted by atomic mass is 32.2. The summed E-state index contributed by atoms with van der Waals surface area (Å²) in [5.74, 6) is -3.09. The highest BCUT2D eigenvalue weighted by molar-refractivity contribution is 7.99. The quantitative estimate of drug-likeness (QED) is 0.247. The van der Waals surface area contributed by atoms with Crippen LogP contribution in [0, 0.1) is 11.6 Å². The predicted molar refractivity (Wildman–Crippen MR) is 131 cm³/mol. The Labute approximate surface area is 200 Å². The number of carbonyl (C=O) groups is 1. The molecule has 0 radical (unpaired) electrons. The lowest BCUT2D eigenvalue weighted by molar-refractivity contribution is -0.138. The molecule has 0 unspecified atom stereocenters. The minimum Gasteiger partial charge on any atom is -0.480 e. The number of aliphatic carboxylic acids is 1. The second-order valence-corrected chi connectivity index (χ2v) is 10.8. The molecule has 5 nitrogen and oxygen atoms in total. The summed E-state index contributed by atoms with van der Waals surface area (Å²) in [4.78, 5) is 10.7. The van der Waals surface area contributed by atoms with E-state index in [4.69, 9.17) is 0 Å². The van der Waals surface area contributed by atoms with E-state index in [1.165, 1.54) is 22.9 Å². The van der Waals surface area contributed by atoms with Crippen LogP contribution in [-0.2, 0) is 14.8 Å². The Morgan fingerprint density at radius 3 is 2.24 bits per heavy atom. The van der Waals surface area contributed by atoms with Crippen LogP contribution in [0.25, 0.3) is 0 Å². The van der Waals surface area contributed by atoms with E-state index in [1.807, 2.05) is 17.7 Å². The first-order chi connectivity index (χ1) is 15.4. The monoisotopic (exact) mass is 501 g/mol. The fraction of sp³-hybridized carbons (Fsp3) is 0.458. The summed E-state index contributed by atoms with van der Waals surface area (Å²) < 4.78 is 53.5. The van der Waals surface area contributed by atoms with Gasteiger partial charge in [-0.1, -0.05) is 34.9 Å². The summed E-state index contributed by atoms with van der Waals surface area (Å²) >= 11 is 1.25. The number of rotatable bonds is 14. The molecule has 1 aromatic carbocycles. The van der Waals surface area contributed by atoms with Crippen molar-refractivity contribution in [2.24, 2.45) is 0 Å². The Morgan fingerprint density at radius 2 is 1.67 bits per heavy atom. The standard InChI is InChI=1S/C24H33F2NO4S2/c1-17(2)7-5-8-18(3)9-6-10-19(4)13-14-32-16-22(24(28)29)27-33(30,31)23-12-11-20(25)15-21(23)26/h7,9,11-13,15,22,27H,5-6,8,10,14,16H2,1-4H3,(H,28,29)/b18-9+,19-13+/t22-/m0/s1. The minimum atomic E-state index is -4.45. The molecule has 9 heteroatoms. The number of halogens is 2. The summed E-state index contributed by atoms with van der Waals surface area (Å²) in [5, 5.41) is 9.35. The first-order valence-corrected chi connectivity index (χ1v) is 13.3. The molecule has 0 aliphatic heterocycles. The maximum Gasteiger partial charge on any atom is 0.322 e. The van der Waals surface area contributed by atoms with Crippen molar-refractivity contribution in [3.8, 4) is 0 Å². The number of sulfonamides is 1. The van der Waals surface area contributed by atoms with Crippen molar-refractivity contribution in [3.05, 3.63) is 64.8 Å². The van der Waals surface area contributed by atoms with Gasteiger partial charge < -0.3 is 5.11 Å². The highest BCUT2D eigenvalue weighted by Gasteiger charge is 2.27. The van der Waals surface area contributed by atoms with Crippen LogP contribution in [0.2, 0.25) is 0 Å². The van der Waals surface area contributed by atoms with Crippen LogP contribution in [0.5, 0.6) is 0 Å².